The summed E-state index contributed by atoms with van der Waals surface area (Å²) < 4.78 is 13.9. The number of halogens is 1. The van der Waals surface area contributed by atoms with Crippen molar-refractivity contribution in [3.05, 3.63) is 65.0 Å². The summed E-state index contributed by atoms with van der Waals surface area (Å²) in [6.45, 7) is 3.84. The lowest BCUT2D eigenvalue weighted by Gasteiger charge is -2.07. The number of thioether (sulfide) groups is 1. The zero-order valence-corrected chi connectivity index (χ0v) is 13.9. The molecule has 0 bridgehead atoms. The number of rotatable bonds is 6. The van der Waals surface area contributed by atoms with Gasteiger partial charge in [-0.3, -0.25) is 9.59 Å². The van der Waals surface area contributed by atoms with Gasteiger partial charge in [0, 0.05) is 17.0 Å². The fourth-order valence-electron chi connectivity index (χ4n) is 2.05. The summed E-state index contributed by atoms with van der Waals surface area (Å²) in [6.07, 6.45) is 0. The molecular weight excluding hydrogens is 313 g/mol. The molecule has 0 aliphatic rings. The first-order valence-electron chi connectivity index (χ1n) is 7.21. The van der Waals surface area contributed by atoms with Crippen LogP contribution in [0.15, 0.2) is 47.4 Å². The van der Waals surface area contributed by atoms with Crippen molar-refractivity contribution >= 4 is 23.5 Å². The van der Waals surface area contributed by atoms with Crippen LogP contribution in [0.1, 0.15) is 28.4 Å². The molecule has 0 radical (unpaired) electrons. The van der Waals surface area contributed by atoms with Crippen LogP contribution in [0.25, 0.3) is 0 Å². The first kappa shape index (κ1) is 17.2. The summed E-state index contributed by atoms with van der Waals surface area (Å²) in [6, 6.07) is 12.2. The molecule has 0 atom stereocenters. The monoisotopic (exact) mass is 331 g/mol. The minimum atomic E-state index is -0.478. The highest BCUT2D eigenvalue weighted by atomic mass is 32.2. The van der Waals surface area contributed by atoms with Gasteiger partial charge in [0.15, 0.2) is 5.78 Å². The molecule has 1 N–H and O–H groups in total. The van der Waals surface area contributed by atoms with E-state index in [1.165, 1.54) is 19.1 Å². The second-order valence-corrected chi connectivity index (χ2v) is 6.27. The molecule has 0 aliphatic carbocycles. The van der Waals surface area contributed by atoms with Gasteiger partial charge < -0.3 is 5.32 Å². The van der Waals surface area contributed by atoms with E-state index < -0.39 is 5.82 Å². The number of aryl methyl sites for hydroxylation is 1. The third kappa shape index (κ3) is 5.21. The number of hydrogen-bond acceptors (Lipinski definition) is 3. The Morgan fingerprint density at radius 3 is 2.61 bits per heavy atom. The standard InChI is InChI=1S/C18H18FNO2S/c1-12-4-3-5-14(8-12)10-20-18(22)11-23-17-7-6-15(13(2)21)9-16(17)19/h3-9H,10-11H2,1-2H3,(H,20,22). The average Bonchev–Trinajstić information content (AvgIpc) is 2.51. The molecule has 0 heterocycles. The summed E-state index contributed by atoms with van der Waals surface area (Å²) >= 11 is 1.12. The lowest BCUT2D eigenvalue weighted by atomic mass is 10.1. The fourth-order valence-corrected chi connectivity index (χ4v) is 2.80. The Labute approximate surface area is 139 Å². The van der Waals surface area contributed by atoms with Crippen LogP contribution in [0, 0.1) is 12.7 Å². The van der Waals surface area contributed by atoms with Gasteiger partial charge in [-0.25, -0.2) is 4.39 Å². The van der Waals surface area contributed by atoms with E-state index in [1.807, 2.05) is 31.2 Å². The minimum Gasteiger partial charge on any atom is -0.351 e. The lowest BCUT2D eigenvalue weighted by molar-refractivity contribution is -0.118. The molecule has 2 rings (SSSR count). The van der Waals surface area contributed by atoms with E-state index in [9.17, 15) is 14.0 Å². The second-order valence-electron chi connectivity index (χ2n) is 5.26. The SMILES string of the molecule is CC(=O)c1ccc(SCC(=O)NCc2cccc(C)c2)c(F)c1. The van der Waals surface area contributed by atoms with Crippen molar-refractivity contribution in [2.45, 2.75) is 25.3 Å². The van der Waals surface area contributed by atoms with Crippen molar-refractivity contribution < 1.29 is 14.0 Å². The Morgan fingerprint density at radius 1 is 1.17 bits per heavy atom. The molecular formula is C18H18FNO2S. The molecule has 5 heteroatoms. The maximum Gasteiger partial charge on any atom is 0.230 e. The Kier molecular flexibility index (Phi) is 5.93. The van der Waals surface area contributed by atoms with Gasteiger partial charge in [-0.15, -0.1) is 11.8 Å². The van der Waals surface area contributed by atoms with Crippen LogP contribution >= 0.6 is 11.8 Å². The first-order valence-corrected chi connectivity index (χ1v) is 8.20. The molecule has 2 aromatic carbocycles. The van der Waals surface area contributed by atoms with E-state index in [0.29, 0.717) is 17.0 Å². The van der Waals surface area contributed by atoms with E-state index in [-0.39, 0.29) is 17.4 Å². The van der Waals surface area contributed by atoms with Crippen molar-refractivity contribution in [3.8, 4) is 0 Å². The summed E-state index contributed by atoms with van der Waals surface area (Å²) in [7, 11) is 0. The smallest absolute Gasteiger partial charge is 0.230 e. The molecule has 23 heavy (non-hydrogen) atoms. The van der Waals surface area contributed by atoms with Crippen LogP contribution in [-0.4, -0.2) is 17.4 Å². The van der Waals surface area contributed by atoms with Gasteiger partial charge in [0.1, 0.15) is 5.82 Å². The highest BCUT2D eigenvalue weighted by Gasteiger charge is 2.09. The van der Waals surface area contributed by atoms with Gasteiger partial charge in [0.05, 0.1) is 5.75 Å². The number of ketones is 1. The van der Waals surface area contributed by atoms with E-state index in [2.05, 4.69) is 5.32 Å². The second kappa shape index (κ2) is 7.92. The molecule has 0 saturated heterocycles. The first-order chi connectivity index (χ1) is 11.0. The number of benzene rings is 2. The highest BCUT2D eigenvalue weighted by molar-refractivity contribution is 8.00. The zero-order valence-electron chi connectivity index (χ0n) is 13.1. The van der Waals surface area contributed by atoms with Crippen LogP contribution in [0.3, 0.4) is 0 Å². The Bertz CT molecular complexity index is 731. The van der Waals surface area contributed by atoms with Crippen molar-refractivity contribution in [1.82, 2.24) is 5.32 Å². The van der Waals surface area contributed by atoms with Gasteiger partial charge in [-0.05, 0) is 31.5 Å². The molecule has 0 unspecified atom stereocenters. The van der Waals surface area contributed by atoms with Crippen molar-refractivity contribution in [2.75, 3.05) is 5.75 Å². The summed E-state index contributed by atoms with van der Waals surface area (Å²) in [5, 5.41) is 2.81. The maximum atomic E-state index is 13.9. The molecule has 120 valence electrons. The third-order valence-corrected chi connectivity index (χ3v) is 4.32. The normalized spacial score (nSPS) is 10.4. The van der Waals surface area contributed by atoms with Crippen molar-refractivity contribution in [2.24, 2.45) is 0 Å². The van der Waals surface area contributed by atoms with Crippen LogP contribution < -0.4 is 5.32 Å². The summed E-state index contributed by atoms with van der Waals surface area (Å²) in [4.78, 5) is 23.4. The number of carbonyl (C=O) groups excluding carboxylic acids is 2. The topological polar surface area (TPSA) is 46.2 Å². The average molecular weight is 331 g/mol. The molecule has 3 nitrogen and oxygen atoms in total. The fraction of sp³-hybridized carbons (Fsp3) is 0.222. The van der Waals surface area contributed by atoms with Crippen LogP contribution in [0.2, 0.25) is 0 Å². The highest BCUT2D eigenvalue weighted by Crippen LogP contribution is 2.22. The summed E-state index contributed by atoms with van der Waals surface area (Å²) in [5.41, 5.74) is 2.50. The third-order valence-electron chi connectivity index (χ3n) is 3.27. The predicted molar refractivity (Wildman–Crippen MR) is 90.2 cm³/mol. The van der Waals surface area contributed by atoms with Crippen molar-refractivity contribution in [1.29, 1.82) is 0 Å². The van der Waals surface area contributed by atoms with Gasteiger partial charge in [-0.1, -0.05) is 35.9 Å². The van der Waals surface area contributed by atoms with E-state index in [1.54, 1.807) is 6.07 Å². The Hall–Kier alpha value is -2.14. The number of hydrogen-bond donors (Lipinski definition) is 1. The maximum absolute atomic E-state index is 13.9. The van der Waals surface area contributed by atoms with Gasteiger partial charge in [0.2, 0.25) is 5.91 Å². The number of Topliss-reactive ketones (excluding diaryl/α,β-unsaturated/α-hetero) is 1. The number of nitrogens with one attached hydrogen (secondary N) is 1. The van der Waals surface area contributed by atoms with Crippen molar-refractivity contribution in [3.63, 3.8) is 0 Å². The van der Waals surface area contributed by atoms with Gasteiger partial charge in [0.25, 0.3) is 0 Å². The van der Waals surface area contributed by atoms with Gasteiger partial charge in [-0.2, -0.15) is 0 Å². The predicted octanol–water partition coefficient (Wildman–Crippen LogP) is 3.75. The summed E-state index contributed by atoms with van der Waals surface area (Å²) in [5.74, 6) is -0.695. The molecule has 0 saturated carbocycles. The van der Waals surface area contributed by atoms with Gasteiger partial charge >= 0.3 is 0 Å². The lowest BCUT2D eigenvalue weighted by Crippen LogP contribution is -2.24. The molecule has 0 fully saturated rings. The van der Waals surface area contributed by atoms with Crippen LogP contribution in [-0.2, 0) is 11.3 Å². The Morgan fingerprint density at radius 2 is 1.96 bits per heavy atom. The van der Waals surface area contributed by atoms with Crippen LogP contribution in [0.4, 0.5) is 4.39 Å². The zero-order chi connectivity index (χ0) is 16.8. The van der Waals surface area contributed by atoms with E-state index in [0.717, 1.165) is 22.9 Å². The number of amides is 1. The largest absolute Gasteiger partial charge is 0.351 e. The molecule has 1 amide bonds. The quantitative estimate of drug-likeness (QED) is 0.648. The molecule has 2 aromatic rings. The molecule has 0 aliphatic heterocycles. The number of carbonyl (C=O) groups is 2. The molecule has 0 aromatic heterocycles. The van der Waals surface area contributed by atoms with E-state index >= 15 is 0 Å². The van der Waals surface area contributed by atoms with Crippen LogP contribution in [0.5, 0.6) is 0 Å². The van der Waals surface area contributed by atoms with E-state index in [4.69, 9.17) is 0 Å². The minimum absolute atomic E-state index is 0.127. The molecule has 0 spiro atoms. The Balaban J connectivity index is 1.86.